The van der Waals surface area contributed by atoms with Gasteiger partial charge in [0.05, 0.1) is 30.8 Å². The van der Waals surface area contributed by atoms with Crippen molar-refractivity contribution in [3.8, 4) is 17.2 Å². The van der Waals surface area contributed by atoms with Gasteiger partial charge in [-0.15, -0.1) is 0 Å². The van der Waals surface area contributed by atoms with E-state index in [4.69, 9.17) is 14.2 Å². The molecule has 0 saturated carbocycles. The SMILES string of the molecule is COc1ccc(S(=O)(=O)N2C[C@H](C(=O)NCCOc3ccc(F)cc3)Oc3ccc(C(C)(C)C)cc32)cc1. The number of anilines is 1. The minimum Gasteiger partial charge on any atom is -0.497 e. The molecule has 0 fully saturated rings. The molecular weight excluding hydrogens is 511 g/mol. The topological polar surface area (TPSA) is 94.2 Å². The molecule has 38 heavy (non-hydrogen) atoms. The highest BCUT2D eigenvalue weighted by atomic mass is 32.2. The zero-order valence-corrected chi connectivity index (χ0v) is 22.5. The molecule has 202 valence electrons. The Morgan fingerprint density at radius 2 is 1.71 bits per heavy atom. The number of fused-ring (bicyclic) bond motifs is 1. The third kappa shape index (κ3) is 6.02. The first-order valence-corrected chi connectivity index (χ1v) is 13.6. The van der Waals surface area contributed by atoms with Crippen molar-refractivity contribution in [1.82, 2.24) is 5.32 Å². The summed E-state index contributed by atoms with van der Waals surface area (Å²) in [5.41, 5.74) is 1.07. The largest absolute Gasteiger partial charge is 0.497 e. The van der Waals surface area contributed by atoms with Gasteiger partial charge in [-0.1, -0.05) is 26.8 Å². The zero-order chi connectivity index (χ0) is 27.5. The number of ether oxygens (including phenoxy) is 3. The van der Waals surface area contributed by atoms with E-state index in [0.717, 1.165) is 5.56 Å². The first-order valence-electron chi connectivity index (χ1n) is 12.1. The maximum Gasteiger partial charge on any atom is 0.264 e. The Labute approximate surface area is 222 Å². The molecule has 0 unspecified atom stereocenters. The third-order valence-corrected chi connectivity index (χ3v) is 7.91. The van der Waals surface area contributed by atoms with Gasteiger partial charge in [-0.3, -0.25) is 9.10 Å². The van der Waals surface area contributed by atoms with Crippen molar-refractivity contribution in [3.05, 3.63) is 78.1 Å². The van der Waals surface area contributed by atoms with E-state index in [9.17, 15) is 17.6 Å². The van der Waals surface area contributed by atoms with Crippen molar-refractivity contribution in [2.45, 2.75) is 37.2 Å². The van der Waals surface area contributed by atoms with Gasteiger partial charge in [-0.25, -0.2) is 12.8 Å². The molecule has 10 heteroatoms. The van der Waals surface area contributed by atoms with Crippen LogP contribution < -0.4 is 23.8 Å². The number of rotatable bonds is 8. The van der Waals surface area contributed by atoms with E-state index in [1.807, 2.05) is 26.8 Å². The lowest BCUT2D eigenvalue weighted by Crippen LogP contribution is -2.51. The third-order valence-electron chi connectivity index (χ3n) is 6.12. The molecule has 8 nitrogen and oxygen atoms in total. The first-order chi connectivity index (χ1) is 18.0. The number of benzene rings is 3. The molecule has 1 heterocycles. The Balaban J connectivity index is 1.55. The van der Waals surface area contributed by atoms with Crippen molar-refractivity contribution in [2.24, 2.45) is 0 Å². The molecular formula is C28H31FN2O6S. The van der Waals surface area contributed by atoms with E-state index in [0.29, 0.717) is 22.9 Å². The van der Waals surface area contributed by atoms with E-state index < -0.39 is 22.0 Å². The molecule has 0 aromatic heterocycles. The van der Waals surface area contributed by atoms with Crippen LogP contribution in [-0.4, -0.2) is 47.2 Å². The first kappa shape index (κ1) is 27.3. The Hall–Kier alpha value is -3.79. The number of sulfonamides is 1. The Morgan fingerprint density at radius 1 is 1.05 bits per heavy atom. The van der Waals surface area contributed by atoms with Crippen molar-refractivity contribution in [1.29, 1.82) is 0 Å². The number of hydrogen-bond donors (Lipinski definition) is 1. The van der Waals surface area contributed by atoms with Crippen LogP contribution in [0.5, 0.6) is 17.2 Å². The van der Waals surface area contributed by atoms with Gasteiger partial charge in [0.15, 0.2) is 6.10 Å². The van der Waals surface area contributed by atoms with Gasteiger partial charge in [0.25, 0.3) is 15.9 Å². The molecule has 4 rings (SSSR count). The summed E-state index contributed by atoms with van der Waals surface area (Å²) >= 11 is 0. The maximum absolute atomic E-state index is 13.8. The lowest BCUT2D eigenvalue weighted by molar-refractivity contribution is -0.127. The highest BCUT2D eigenvalue weighted by Gasteiger charge is 2.38. The van der Waals surface area contributed by atoms with Crippen LogP contribution in [0.15, 0.2) is 71.6 Å². The van der Waals surface area contributed by atoms with Gasteiger partial charge >= 0.3 is 0 Å². The number of amides is 1. The van der Waals surface area contributed by atoms with Gasteiger partial charge in [0.2, 0.25) is 0 Å². The van der Waals surface area contributed by atoms with Gasteiger partial charge in [0.1, 0.15) is 29.7 Å². The summed E-state index contributed by atoms with van der Waals surface area (Å²) < 4.78 is 58.5. The Bertz CT molecular complexity index is 1390. The number of hydrogen-bond acceptors (Lipinski definition) is 6. The maximum atomic E-state index is 13.8. The smallest absolute Gasteiger partial charge is 0.264 e. The van der Waals surface area contributed by atoms with E-state index in [1.54, 1.807) is 24.3 Å². The van der Waals surface area contributed by atoms with E-state index in [1.165, 1.54) is 47.8 Å². The van der Waals surface area contributed by atoms with Crippen molar-refractivity contribution in [2.75, 3.05) is 31.1 Å². The molecule has 1 aliphatic heterocycles. The van der Waals surface area contributed by atoms with Crippen molar-refractivity contribution < 1.29 is 31.8 Å². The lowest BCUT2D eigenvalue weighted by Gasteiger charge is -2.36. The molecule has 1 aliphatic rings. The van der Waals surface area contributed by atoms with Crippen LogP contribution in [0, 0.1) is 5.82 Å². The summed E-state index contributed by atoms with van der Waals surface area (Å²) in [5, 5.41) is 2.73. The summed E-state index contributed by atoms with van der Waals surface area (Å²) in [7, 11) is -2.53. The van der Waals surface area contributed by atoms with E-state index >= 15 is 0 Å². The predicted octanol–water partition coefficient (Wildman–Crippen LogP) is 4.28. The fraction of sp³-hybridized carbons (Fsp3) is 0.321. The van der Waals surface area contributed by atoms with Crippen LogP contribution in [0.2, 0.25) is 0 Å². The molecule has 0 spiro atoms. The second-order valence-electron chi connectivity index (χ2n) is 9.84. The van der Waals surface area contributed by atoms with Crippen LogP contribution >= 0.6 is 0 Å². The quantitative estimate of drug-likeness (QED) is 0.427. The van der Waals surface area contributed by atoms with Crippen LogP contribution in [0.3, 0.4) is 0 Å². The average Bonchev–Trinajstić information content (AvgIpc) is 2.90. The summed E-state index contributed by atoms with van der Waals surface area (Å²) in [5.74, 6) is 0.442. The van der Waals surface area contributed by atoms with Gasteiger partial charge < -0.3 is 19.5 Å². The number of halogens is 1. The normalized spacial score (nSPS) is 15.3. The molecule has 0 radical (unpaired) electrons. The van der Waals surface area contributed by atoms with Crippen molar-refractivity contribution >= 4 is 21.6 Å². The van der Waals surface area contributed by atoms with Gasteiger partial charge in [-0.2, -0.15) is 0 Å². The number of nitrogens with zero attached hydrogens (tertiary/aromatic N) is 1. The zero-order valence-electron chi connectivity index (χ0n) is 21.7. The van der Waals surface area contributed by atoms with E-state index in [2.05, 4.69) is 5.32 Å². The molecule has 1 N–H and O–H groups in total. The van der Waals surface area contributed by atoms with Crippen LogP contribution in [0.1, 0.15) is 26.3 Å². The predicted molar refractivity (Wildman–Crippen MR) is 142 cm³/mol. The molecule has 0 saturated heterocycles. The Morgan fingerprint density at radius 3 is 2.34 bits per heavy atom. The van der Waals surface area contributed by atoms with Crippen molar-refractivity contribution in [3.63, 3.8) is 0 Å². The second-order valence-corrected chi connectivity index (χ2v) is 11.7. The highest BCUT2D eigenvalue weighted by Crippen LogP contribution is 2.40. The molecule has 0 aliphatic carbocycles. The minimum atomic E-state index is -4.03. The number of nitrogens with one attached hydrogen (secondary N) is 1. The fourth-order valence-electron chi connectivity index (χ4n) is 3.94. The minimum absolute atomic E-state index is 0.0687. The van der Waals surface area contributed by atoms with Crippen LogP contribution in [0.4, 0.5) is 10.1 Å². The van der Waals surface area contributed by atoms with Gasteiger partial charge in [-0.05, 0) is 71.6 Å². The summed E-state index contributed by atoms with van der Waals surface area (Å²) in [6.07, 6.45) is -1.08. The Kier molecular flexibility index (Phi) is 7.82. The second kappa shape index (κ2) is 10.9. The lowest BCUT2D eigenvalue weighted by atomic mass is 9.86. The molecule has 0 bridgehead atoms. The summed E-state index contributed by atoms with van der Waals surface area (Å²) in [6.45, 7) is 6.18. The fourth-order valence-corrected chi connectivity index (χ4v) is 5.41. The summed E-state index contributed by atoms with van der Waals surface area (Å²) in [6, 6.07) is 17.0. The summed E-state index contributed by atoms with van der Waals surface area (Å²) in [4.78, 5) is 13.1. The van der Waals surface area contributed by atoms with Gasteiger partial charge in [0, 0.05) is 0 Å². The molecule has 3 aromatic carbocycles. The van der Waals surface area contributed by atoms with Crippen LogP contribution in [-0.2, 0) is 20.2 Å². The average molecular weight is 543 g/mol. The van der Waals surface area contributed by atoms with Crippen LogP contribution in [0.25, 0.3) is 0 Å². The number of methoxy groups -OCH3 is 1. The molecule has 1 atom stereocenters. The molecule has 3 aromatic rings. The highest BCUT2D eigenvalue weighted by molar-refractivity contribution is 7.92. The standard InChI is InChI=1S/C28H31FN2O6S/c1-28(2,3)19-5-14-25-24(17-19)31(38(33,34)23-12-10-21(35-4)11-13-23)18-26(37-25)27(32)30-15-16-36-22-8-6-20(29)7-9-22/h5-14,17,26H,15-16,18H2,1-4H3,(H,30,32)/t26-/m1/s1. The number of carbonyl (C=O) groups excluding carboxylic acids is 1. The van der Waals surface area contributed by atoms with E-state index in [-0.39, 0.29) is 35.8 Å². The molecule has 1 amide bonds. The monoisotopic (exact) mass is 542 g/mol. The number of carbonyl (C=O) groups is 1.